The molecule has 8 amide bonds. The number of hydrogen-bond acceptors (Lipinski definition) is 21. The fourth-order valence-electron chi connectivity index (χ4n) is 10.9. The molecule has 29 heteroatoms. The molecule has 2 aromatic carbocycles. The number of benzene rings is 2. The number of hydroxylamine groups is 2. The number of imide groups is 1. The highest BCUT2D eigenvalue weighted by atomic mass is 35.5. The zero-order valence-corrected chi connectivity index (χ0v) is 54.2. The first-order valence-corrected chi connectivity index (χ1v) is 30.7. The number of likely N-dealkylation sites (N-methyl/N-ethyl adjacent to an activating group) is 3. The first-order chi connectivity index (χ1) is 43.6. The van der Waals surface area contributed by atoms with Crippen molar-refractivity contribution < 1.29 is 95.8 Å². The first-order valence-electron chi connectivity index (χ1n) is 30.3. The van der Waals surface area contributed by atoms with Crippen LogP contribution in [0.1, 0.15) is 103 Å². The van der Waals surface area contributed by atoms with Gasteiger partial charge in [-0.3, -0.25) is 29.8 Å². The summed E-state index contributed by atoms with van der Waals surface area (Å²) in [5, 5.41) is 20.5. The van der Waals surface area contributed by atoms with Gasteiger partial charge in [0.2, 0.25) is 11.8 Å². The number of nitrogens with one attached hydrogen (secondary N) is 3. The van der Waals surface area contributed by atoms with Crippen LogP contribution in [0.4, 0.5) is 36.2 Å². The van der Waals surface area contributed by atoms with Crippen molar-refractivity contribution in [1.29, 1.82) is 0 Å². The average Bonchev–Trinajstić information content (AvgIpc) is 1.57. The van der Waals surface area contributed by atoms with Gasteiger partial charge < -0.3 is 72.8 Å². The van der Waals surface area contributed by atoms with E-state index in [1.807, 2.05) is 25.2 Å². The van der Waals surface area contributed by atoms with Gasteiger partial charge in [-0.15, -0.1) is 5.06 Å². The van der Waals surface area contributed by atoms with Crippen molar-refractivity contribution in [3.05, 3.63) is 82.4 Å². The molecule has 92 heavy (non-hydrogen) atoms. The van der Waals surface area contributed by atoms with Crippen LogP contribution < -0.4 is 25.6 Å². The fraction of sp³-hybridized carbons (Fsp3) is 0.556. The van der Waals surface area contributed by atoms with Gasteiger partial charge in [-0.1, -0.05) is 60.9 Å². The molecule has 0 saturated carbocycles. The molecule has 2 unspecified atom stereocenters. The lowest BCUT2D eigenvalue weighted by atomic mass is 9.83. The van der Waals surface area contributed by atoms with Gasteiger partial charge in [0.1, 0.15) is 66.6 Å². The number of amides is 8. The van der Waals surface area contributed by atoms with Crippen LogP contribution >= 0.6 is 11.6 Å². The Kier molecular flexibility index (Phi) is 24.5. The average molecular weight is 1310 g/mol. The number of fused-ring (bicyclic) bond motifs is 5. The van der Waals surface area contributed by atoms with Crippen LogP contribution in [-0.2, 0) is 79.8 Å². The lowest BCUT2D eigenvalue weighted by molar-refractivity contribution is -0.196. The number of allylic oxidation sites excluding steroid dienone is 4. The number of carbonyl (C=O) groups is 10. The van der Waals surface area contributed by atoms with Gasteiger partial charge in [0.05, 0.1) is 43.1 Å². The SMILES string of the molecule is COc1cc2cc(c1Cl)N(C)C(=O)C[C@H](OC(=O)[C@H](C)N(C)C(=O)CCOC(=O)N(C)CCN(C)C(=O)OCc1ccc(NC(=O)OC3/C=C/CCCCC3)c(NCC(=O)ON3C(=O)CCC3=O)c1)[C@]1(C)OC1[C@H](C)[C@@H]1C[C@@](O)(NC(=O)O1)[C@H](OC)/C=C/C=C(\C)C2. The lowest BCUT2D eigenvalue weighted by Gasteiger charge is -2.42. The molecule has 3 saturated heterocycles. The summed E-state index contributed by atoms with van der Waals surface area (Å²) < 4.78 is 46.0. The minimum atomic E-state index is -1.92. The number of methoxy groups -OCH3 is 2. The maximum Gasteiger partial charge on any atom is 0.412 e. The van der Waals surface area contributed by atoms with Crippen LogP contribution in [-0.4, -0.2) is 201 Å². The van der Waals surface area contributed by atoms with E-state index >= 15 is 0 Å². The van der Waals surface area contributed by atoms with Gasteiger partial charge in [0, 0.05) is 73.6 Å². The standard InChI is InChI=1S/C63H83ClN8O20/c1-37-17-16-20-48(85-10)63(83)34-47(89-59(80)67-63)38(2)56-62(4,91-56)49(33-53(76)71(8)45-31-41(29-37)32-46(84-9)55(45)64)90-57(78)39(3)70(7)50(73)25-28-86-60(81)68(5)26-27-69(6)61(82)87-36-40-21-22-43(66-58(79)88-42-18-14-12-11-13-15-19-42)44(30-40)65-35-54(77)92-72-51(74)23-24-52(72)75/h14,16-18,20-22,30-32,38-39,42,47-49,56,65,83H,11-13,15,19,23-29,33-36H2,1-10H3,(H,66,79)(H,67,80)/b18-14+,20-16+,37-17+/t38-,39+,42?,47+,48-,49+,56?,62+,63+/m1/s1. The molecule has 502 valence electrons. The highest BCUT2D eigenvalue weighted by Crippen LogP contribution is 2.49. The number of halogens is 1. The maximum absolute atomic E-state index is 14.4. The molecule has 5 aliphatic rings. The van der Waals surface area contributed by atoms with Gasteiger partial charge >= 0.3 is 36.3 Å². The van der Waals surface area contributed by atoms with Crippen molar-refractivity contribution in [2.45, 2.75) is 153 Å². The predicted molar refractivity (Wildman–Crippen MR) is 331 cm³/mol. The Bertz CT molecular complexity index is 3180. The summed E-state index contributed by atoms with van der Waals surface area (Å²) in [7, 11) is 8.58. The van der Waals surface area contributed by atoms with Crippen LogP contribution in [0.3, 0.4) is 0 Å². The Balaban J connectivity index is 0.925. The zero-order valence-electron chi connectivity index (χ0n) is 53.4. The van der Waals surface area contributed by atoms with E-state index in [2.05, 4.69) is 16.0 Å². The van der Waals surface area contributed by atoms with Crippen molar-refractivity contribution in [3.8, 4) is 5.75 Å². The summed E-state index contributed by atoms with van der Waals surface area (Å²) >= 11 is 6.83. The lowest BCUT2D eigenvalue weighted by Crippen LogP contribution is -2.63. The summed E-state index contributed by atoms with van der Waals surface area (Å²) in [5.74, 6) is -4.65. The van der Waals surface area contributed by atoms with Crippen molar-refractivity contribution in [2.75, 3.05) is 84.2 Å². The van der Waals surface area contributed by atoms with Gasteiger partial charge in [0.15, 0.2) is 5.72 Å². The number of hydrogen-bond donors (Lipinski definition) is 4. The van der Waals surface area contributed by atoms with Crippen LogP contribution in [0.2, 0.25) is 5.02 Å². The number of esters is 1. The number of ether oxygens (including phenoxy) is 8. The fourth-order valence-corrected chi connectivity index (χ4v) is 11.2. The molecule has 0 radical (unpaired) electrons. The van der Waals surface area contributed by atoms with Gasteiger partial charge in [-0.25, -0.2) is 28.8 Å². The third-order valence-electron chi connectivity index (χ3n) is 16.7. The second-order valence-electron chi connectivity index (χ2n) is 23.6. The molecule has 2 aromatic rings. The van der Waals surface area contributed by atoms with E-state index in [0.29, 0.717) is 34.9 Å². The molecular weight excluding hydrogens is 1220 g/mol. The molecule has 4 bridgehead atoms. The van der Waals surface area contributed by atoms with E-state index in [4.69, 9.17) is 54.3 Å². The molecule has 0 aromatic heterocycles. The van der Waals surface area contributed by atoms with Crippen LogP contribution in [0.25, 0.3) is 0 Å². The monoisotopic (exact) mass is 1310 g/mol. The number of epoxide rings is 1. The summed E-state index contributed by atoms with van der Waals surface area (Å²) in [6, 6.07) is 6.83. The Morgan fingerprint density at radius 1 is 0.913 bits per heavy atom. The molecule has 4 aliphatic heterocycles. The second kappa shape index (κ2) is 31.7. The number of aliphatic hydroxyl groups is 1. The molecule has 0 spiro atoms. The normalized spacial score (nSPS) is 25.7. The van der Waals surface area contributed by atoms with Crippen molar-refractivity contribution in [2.24, 2.45) is 5.92 Å². The Morgan fingerprint density at radius 3 is 2.32 bits per heavy atom. The molecule has 1 aliphatic carbocycles. The van der Waals surface area contributed by atoms with Gasteiger partial charge in [-0.05, 0) is 94.3 Å². The molecule has 4 heterocycles. The summed E-state index contributed by atoms with van der Waals surface area (Å²) in [6.45, 7) is 5.44. The number of anilines is 3. The largest absolute Gasteiger partial charge is 0.495 e. The van der Waals surface area contributed by atoms with Crippen LogP contribution in [0.5, 0.6) is 5.75 Å². The van der Waals surface area contributed by atoms with Gasteiger partial charge in [0.25, 0.3) is 11.8 Å². The summed E-state index contributed by atoms with van der Waals surface area (Å²) in [5.41, 5.74) is -0.549. The smallest absolute Gasteiger partial charge is 0.412 e. The Labute approximate surface area is 538 Å². The van der Waals surface area contributed by atoms with Crippen LogP contribution in [0, 0.1) is 5.92 Å². The summed E-state index contributed by atoms with van der Waals surface area (Å²) in [6.07, 6.45) is 4.93. The summed E-state index contributed by atoms with van der Waals surface area (Å²) in [4.78, 5) is 141. The first kappa shape index (κ1) is 71.0. The number of carbonyl (C=O) groups excluding carboxylic acids is 10. The molecule has 4 N–H and O–H groups in total. The predicted octanol–water partition coefficient (Wildman–Crippen LogP) is 6.70. The molecule has 7 rings (SSSR count). The quantitative estimate of drug-likeness (QED) is 0.0374. The van der Waals surface area contributed by atoms with E-state index in [1.54, 1.807) is 44.2 Å². The minimum absolute atomic E-state index is 0.0227. The Hall–Kier alpha value is -8.47. The third-order valence-corrected chi connectivity index (χ3v) is 17.1. The van der Waals surface area contributed by atoms with Crippen molar-refractivity contribution in [3.63, 3.8) is 0 Å². The highest BCUT2D eigenvalue weighted by Gasteiger charge is 2.64. The molecule has 9 atom stereocenters. The maximum atomic E-state index is 14.4. The molecular formula is C63H83ClN8O20. The topological polar surface area (TPSA) is 330 Å². The third kappa shape index (κ3) is 18.4. The van der Waals surface area contributed by atoms with Crippen molar-refractivity contribution in [1.82, 2.24) is 25.1 Å². The molecule has 28 nitrogen and oxygen atoms in total. The van der Waals surface area contributed by atoms with Gasteiger partial charge in [-0.2, -0.15) is 0 Å². The molecule has 3 fully saturated rings. The number of nitrogens with zero attached hydrogens (tertiary/aromatic N) is 5. The highest BCUT2D eigenvalue weighted by molar-refractivity contribution is 6.35. The zero-order chi connectivity index (χ0) is 67.2. The second-order valence-corrected chi connectivity index (χ2v) is 24.0. The van der Waals surface area contributed by atoms with E-state index < -0.39 is 133 Å². The van der Waals surface area contributed by atoms with E-state index in [9.17, 15) is 53.1 Å². The van der Waals surface area contributed by atoms with E-state index in [-0.39, 0.29) is 61.8 Å². The van der Waals surface area contributed by atoms with E-state index in [1.165, 1.54) is 76.2 Å². The van der Waals surface area contributed by atoms with Crippen LogP contribution in [0.15, 0.2) is 66.3 Å². The van der Waals surface area contributed by atoms with Crippen molar-refractivity contribution >= 4 is 88.6 Å². The number of rotatable bonds is 19. The van der Waals surface area contributed by atoms with E-state index in [0.717, 1.165) is 41.7 Å². The minimum Gasteiger partial charge on any atom is -0.495 e. The number of alkyl carbamates (subject to hydrolysis) is 1. The Morgan fingerprint density at radius 2 is 1.62 bits per heavy atom.